The number of ether oxygens (including phenoxy) is 1. The molecule has 0 radical (unpaired) electrons. The van der Waals surface area contributed by atoms with Crippen LogP contribution in [0.5, 0.6) is 5.75 Å². The molecule has 6 nitrogen and oxygen atoms in total. The zero-order valence-electron chi connectivity index (χ0n) is 15.4. The van der Waals surface area contributed by atoms with E-state index in [-0.39, 0.29) is 0 Å². The molecule has 0 aliphatic heterocycles. The van der Waals surface area contributed by atoms with Gasteiger partial charge >= 0.3 is 0 Å². The SMILES string of the molecule is CN(CCOc1ccccc1)Cn1nc(-c2ccncc2)n(C2CC2)c1=S. The van der Waals surface area contributed by atoms with Crippen molar-refractivity contribution >= 4 is 12.2 Å². The van der Waals surface area contributed by atoms with Gasteiger partial charge in [0.1, 0.15) is 12.4 Å². The standard InChI is InChI=1S/C20H23N5OS/c1-23(13-14-26-18-5-3-2-4-6-18)15-24-20(27)25(17-7-8-17)19(22-24)16-9-11-21-12-10-16/h2-6,9-12,17H,7-8,13-15H2,1H3. The lowest BCUT2D eigenvalue weighted by molar-refractivity contribution is 0.197. The number of aromatic nitrogens is 4. The van der Waals surface area contributed by atoms with Crippen LogP contribution in [0.3, 0.4) is 0 Å². The number of hydrogen-bond acceptors (Lipinski definition) is 5. The number of nitrogens with zero attached hydrogens (tertiary/aromatic N) is 5. The molecule has 0 saturated heterocycles. The van der Waals surface area contributed by atoms with E-state index in [1.54, 1.807) is 12.4 Å². The molecule has 3 aromatic rings. The molecule has 1 aromatic carbocycles. The Balaban J connectivity index is 1.45. The van der Waals surface area contributed by atoms with Gasteiger partial charge in [-0.1, -0.05) is 18.2 Å². The molecule has 0 N–H and O–H groups in total. The van der Waals surface area contributed by atoms with Crippen LogP contribution in [0.1, 0.15) is 18.9 Å². The number of benzene rings is 1. The first-order valence-electron chi connectivity index (χ1n) is 9.18. The quantitative estimate of drug-likeness (QED) is 0.556. The van der Waals surface area contributed by atoms with Gasteiger partial charge in [-0.3, -0.25) is 14.5 Å². The van der Waals surface area contributed by atoms with Crippen LogP contribution >= 0.6 is 12.2 Å². The zero-order valence-corrected chi connectivity index (χ0v) is 16.2. The lowest BCUT2D eigenvalue weighted by Crippen LogP contribution is -2.27. The van der Waals surface area contributed by atoms with Crippen LogP contribution in [-0.4, -0.2) is 44.4 Å². The maximum absolute atomic E-state index is 5.78. The Hall–Kier alpha value is -2.51. The van der Waals surface area contributed by atoms with E-state index < -0.39 is 0 Å². The van der Waals surface area contributed by atoms with Crippen LogP contribution in [-0.2, 0) is 6.67 Å². The Morgan fingerprint density at radius 2 is 1.89 bits per heavy atom. The molecule has 140 valence electrons. The molecule has 1 saturated carbocycles. The van der Waals surface area contributed by atoms with E-state index in [9.17, 15) is 0 Å². The van der Waals surface area contributed by atoms with Crippen molar-refractivity contribution in [1.29, 1.82) is 0 Å². The highest BCUT2D eigenvalue weighted by Gasteiger charge is 2.29. The Morgan fingerprint density at radius 1 is 1.15 bits per heavy atom. The minimum atomic E-state index is 0.473. The molecule has 0 amide bonds. The van der Waals surface area contributed by atoms with E-state index in [0.29, 0.717) is 19.3 Å². The normalized spacial score (nSPS) is 13.9. The Morgan fingerprint density at radius 3 is 2.59 bits per heavy atom. The Labute approximate surface area is 164 Å². The summed E-state index contributed by atoms with van der Waals surface area (Å²) < 4.78 is 10.7. The van der Waals surface area contributed by atoms with Gasteiger partial charge in [-0.2, -0.15) is 5.10 Å². The van der Waals surface area contributed by atoms with E-state index in [0.717, 1.165) is 28.5 Å². The first kappa shape index (κ1) is 17.9. The summed E-state index contributed by atoms with van der Waals surface area (Å²) in [4.78, 5) is 6.27. The van der Waals surface area contributed by atoms with Crippen LogP contribution in [0.15, 0.2) is 54.9 Å². The summed E-state index contributed by atoms with van der Waals surface area (Å²) in [5.74, 6) is 1.82. The smallest absolute Gasteiger partial charge is 0.199 e. The van der Waals surface area contributed by atoms with Gasteiger partial charge in [0.25, 0.3) is 0 Å². The third-order valence-electron chi connectivity index (χ3n) is 4.58. The summed E-state index contributed by atoms with van der Waals surface area (Å²) in [7, 11) is 2.05. The molecule has 1 aliphatic rings. The van der Waals surface area contributed by atoms with Gasteiger partial charge in [-0.25, -0.2) is 4.68 Å². The van der Waals surface area contributed by atoms with Crippen LogP contribution < -0.4 is 4.74 Å². The second-order valence-corrected chi connectivity index (χ2v) is 7.19. The minimum absolute atomic E-state index is 0.473. The van der Waals surface area contributed by atoms with Crippen molar-refractivity contribution in [3.05, 3.63) is 59.6 Å². The van der Waals surface area contributed by atoms with E-state index in [1.807, 2.05) is 47.1 Å². The molecule has 0 bridgehead atoms. The van der Waals surface area contributed by atoms with E-state index in [4.69, 9.17) is 22.1 Å². The maximum Gasteiger partial charge on any atom is 0.199 e. The van der Waals surface area contributed by atoms with Crippen molar-refractivity contribution in [1.82, 2.24) is 24.2 Å². The van der Waals surface area contributed by atoms with E-state index >= 15 is 0 Å². The zero-order chi connectivity index (χ0) is 18.6. The fourth-order valence-corrected chi connectivity index (χ4v) is 3.34. The second kappa shape index (κ2) is 8.02. The monoisotopic (exact) mass is 381 g/mol. The molecule has 27 heavy (non-hydrogen) atoms. The lowest BCUT2D eigenvalue weighted by atomic mass is 10.2. The van der Waals surface area contributed by atoms with Crippen LogP contribution in [0.25, 0.3) is 11.4 Å². The first-order valence-corrected chi connectivity index (χ1v) is 9.59. The average molecular weight is 382 g/mol. The highest BCUT2D eigenvalue weighted by Crippen LogP contribution is 2.38. The summed E-state index contributed by atoms with van der Waals surface area (Å²) in [6.45, 7) is 2.04. The number of pyridine rings is 1. The first-order chi connectivity index (χ1) is 13.2. The molecule has 0 atom stereocenters. The molecule has 2 aromatic heterocycles. The van der Waals surface area contributed by atoms with Crippen LogP contribution in [0, 0.1) is 4.77 Å². The summed E-state index contributed by atoms with van der Waals surface area (Å²) in [6.07, 6.45) is 5.92. The van der Waals surface area contributed by atoms with Crippen LogP contribution in [0.2, 0.25) is 0 Å². The molecule has 1 aliphatic carbocycles. The second-order valence-electron chi connectivity index (χ2n) is 6.83. The van der Waals surface area contributed by atoms with Gasteiger partial charge < -0.3 is 4.74 Å². The van der Waals surface area contributed by atoms with Gasteiger partial charge in [-0.05, 0) is 56.4 Å². The number of likely N-dealkylation sites (N-methyl/N-ethyl adjacent to an activating group) is 1. The number of hydrogen-bond donors (Lipinski definition) is 0. The highest BCUT2D eigenvalue weighted by molar-refractivity contribution is 7.71. The van der Waals surface area contributed by atoms with Crippen molar-refractivity contribution < 1.29 is 4.74 Å². The predicted octanol–water partition coefficient (Wildman–Crippen LogP) is 3.78. The van der Waals surface area contributed by atoms with Gasteiger partial charge in [0.15, 0.2) is 10.6 Å². The topological polar surface area (TPSA) is 48.1 Å². The predicted molar refractivity (Wildman–Crippen MR) is 107 cm³/mol. The lowest BCUT2D eigenvalue weighted by Gasteiger charge is -2.16. The largest absolute Gasteiger partial charge is 0.492 e. The molecular weight excluding hydrogens is 358 g/mol. The molecule has 0 spiro atoms. The molecule has 1 fully saturated rings. The van der Waals surface area contributed by atoms with Gasteiger partial charge in [0.05, 0.1) is 6.67 Å². The third-order valence-corrected chi connectivity index (χ3v) is 4.99. The number of rotatable bonds is 8. The third kappa shape index (κ3) is 4.26. The number of para-hydroxylation sites is 1. The highest BCUT2D eigenvalue weighted by atomic mass is 32.1. The van der Waals surface area contributed by atoms with Crippen LogP contribution in [0.4, 0.5) is 0 Å². The Kier molecular flexibility index (Phi) is 5.31. The summed E-state index contributed by atoms with van der Waals surface area (Å²) in [6, 6.07) is 14.3. The summed E-state index contributed by atoms with van der Waals surface area (Å²) >= 11 is 5.73. The minimum Gasteiger partial charge on any atom is -0.492 e. The van der Waals surface area contributed by atoms with Gasteiger partial charge in [0.2, 0.25) is 0 Å². The van der Waals surface area contributed by atoms with E-state index in [2.05, 4.69) is 21.5 Å². The average Bonchev–Trinajstić information content (AvgIpc) is 3.48. The fraction of sp³-hybridized carbons (Fsp3) is 0.350. The van der Waals surface area contributed by atoms with Gasteiger partial charge in [-0.15, -0.1) is 0 Å². The fourth-order valence-electron chi connectivity index (χ4n) is 3.01. The van der Waals surface area contributed by atoms with E-state index in [1.165, 1.54) is 12.8 Å². The maximum atomic E-state index is 5.78. The molecule has 0 unspecified atom stereocenters. The van der Waals surface area contributed by atoms with Crippen molar-refractivity contribution in [2.24, 2.45) is 0 Å². The van der Waals surface area contributed by atoms with Crippen molar-refractivity contribution in [3.8, 4) is 17.1 Å². The molecular formula is C20H23N5OS. The Bertz CT molecular complexity index is 934. The molecule has 2 heterocycles. The van der Waals surface area contributed by atoms with Crippen molar-refractivity contribution in [2.75, 3.05) is 20.2 Å². The molecule has 7 heteroatoms. The van der Waals surface area contributed by atoms with Crippen molar-refractivity contribution in [2.45, 2.75) is 25.6 Å². The van der Waals surface area contributed by atoms with Gasteiger partial charge in [0, 0.05) is 30.5 Å². The summed E-state index contributed by atoms with van der Waals surface area (Å²) in [5.41, 5.74) is 1.05. The summed E-state index contributed by atoms with van der Waals surface area (Å²) in [5, 5.41) is 4.81. The molecule has 4 rings (SSSR count). The van der Waals surface area contributed by atoms with Crippen molar-refractivity contribution in [3.63, 3.8) is 0 Å².